The maximum Gasteiger partial charge on any atom is 0.187 e. The number of hydrogen-bond acceptors (Lipinski definition) is 6. The lowest BCUT2D eigenvalue weighted by molar-refractivity contribution is -0.298. The summed E-state index contributed by atoms with van der Waals surface area (Å²) in [4.78, 5) is 0. The van der Waals surface area contributed by atoms with Crippen LogP contribution in [0.3, 0.4) is 0 Å². The third-order valence-electron chi connectivity index (χ3n) is 2.23. The highest BCUT2D eigenvalue weighted by molar-refractivity contribution is 4.89. The second kappa shape index (κ2) is 5.55. The minimum Gasteiger partial charge on any atom is -0.394 e. The molecule has 88 valence electrons. The normalized spacial score (nSPS) is 41.5. The second-order valence-electron chi connectivity index (χ2n) is 3.32. The summed E-state index contributed by atoms with van der Waals surface area (Å²) < 4.78 is 10.1. The summed E-state index contributed by atoms with van der Waals surface area (Å²) in [6, 6.07) is 0. The Balaban J connectivity index is 2.60. The molecule has 0 aromatic carbocycles. The first kappa shape index (κ1) is 12.6. The number of ether oxygens (including phenoxy) is 2. The minimum atomic E-state index is -1.40. The van der Waals surface area contributed by atoms with Crippen molar-refractivity contribution in [2.24, 2.45) is 0 Å². The summed E-state index contributed by atoms with van der Waals surface area (Å²) in [7, 11) is 0. The topological polar surface area (TPSA) is 99.4 Å². The number of rotatable bonds is 4. The van der Waals surface area contributed by atoms with E-state index in [1.165, 1.54) is 6.08 Å². The molecule has 0 amide bonds. The van der Waals surface area contributed by atoms with Crippen molar-refractivity contribution in [2.45, 2.75) is 30.7 Å². The number of aliphatic hydroxyl groups is 4. The van der Waals surface area contributed by atoms with Gasteiger partial charge in [-0.15, -0.1) is 6.58 Å². The molecular weight excluding hydrogens is 204 g/mol. The van der Waals surface area contributed by atoms with Crippen LogP contribution in [0.5, 0.6) is 0 Å². The van der Waals surface area contributed by atoms with Crippen LogP contribution < -0.4 is 0 Å². The molecule has 0 radical (unpaired) electrons. The first-order valence-electron chi connectivity index (χ1n) is 4.64. The zero-order valence-corrected chi connectivity index (χ0v) is 8.19. The first-order chi connectivity index (χ1) is 7.11. The van der Waals surface area contributed by atoms with E-state index in [-0.39, 0.29) is 6.61 Å². The molecule has 6 nitrogen and oxygen atoms in total. The zero-order chi connectivity index (χ0) is 11.4. The lowest BCUT2D eigenvalue weighted by Crippen LogP contribution is -2.59. The Labute approximate surface area is 87.4 Å². The molecule has 1 rings (SSSR count). The van der Waals surface area contributed by atoms with Crippen LogP contribution in [0.15, 0.2) is 12.7 Å². The van der Waals surface area contributed by atoms with Crippen LogP contribution in [0, 0.1) is 0 Å². The van der Waals surface area contributed by atoms with Crippen molar-refractivity contribution in [2.75, 3.05) is 13.2 Å². The third-order valence-corrected chi connectivity index (χ3v) is 2.23. The van der Waals surface area contributed by atoms with E-state index in [4.69, 9.17) is 14.6 Å². The van der Waals surface area contributed by atoms with Gasteiger partial charge in [-0.25, -0.2) is 0 Å². The van der Waals surface area contributed by atoms with Crippen LogP contribution in [0.2, 0.25) is 0 Å². The summed E-state index contributed by atoms with van der Waals surface area (Å²) in [5.74, 6) is 0. The predicted molar refractivity (Wildman–Crippen MR) is 49.9 cm³/mol. The summed E-state index contributed by atoms with van der Waals surface area (Å²) >= 11 is 0. The van der Waals surface area contributed by atoms with Gasteiger partial charge in [0.1, 0.15) is 24.4 Å². The second-order valence-corrected chi connectivity index (χ2v) is 3.32. The highest BCUT2D eigenvalue weighted by Gasteiger charge is 2.43. The monoisotopic (exact) mass is 220 g/mol. The zero-order valence-electron chi connectivity index (χ0n) is 8.19. The van der Waals surface area contributed by atoms with E-state index in [2.05, 4.69) is 6.58 Å². The molecule has 0 aliphatic carbocycles. The van der Waals surface area contributed by atoms with E-state index in [1.54, 1.807) is 0 Å². The van der Waals surface area contributed by atoms with Crippen molar-refractivity contribution in [1.29, 1.82) is 0 Å². The SMILES string of the molecule is C=CCO[C@H]1O[C@H](CO)[C@@H](O)[C@@H](O)[C@H]1O. The van der Waals surface area contributed by atoms with Gasteiger partial charge in [0.2, 0.25) is 0 Å². The van der Waals surface area contributed by atoms with E-state index in [0.717, 1.165) is 0 Å². The molecule has 4 N–H and O–H groups in total. The van der Waals surface area contributed by atoms with Crippen molar-refractivity contribution in [3.63, 3.8) is 0 Å². The largest absolute Gasteiger partial charge is 0.394 e. The van der Waals surface area contributed by atoms with Gasteiger partial charge in [0, 0.05) is 0 Å². The summed E-state index contributed by atoms with van der Waals surface area (Å²) in [5.41, 5.74) is 0. The van der Waals surface area contributed by atoms with Gasteiger partial charge in [-0.2, -0.15) is 0 Å². The quantitative estimate of drug-likeness (QED) is 0.408. The van der Waals surface area contributed by atoms with Gasteiger partial charge < -0.3 is 29.9 Å². The van der Waals surface area contributed by atoms with Crippen LogP contribution in [0.4, 0.5) is 0 Å². The minimum absolute atomic E-state index is 0.142. The van der Waals surface area contributed by atoms with Crippen LogP contribution in [-0.2, 0) is 9.47 Å². The molecule has 5 atom stereocenters. The van der Waals surface area contributed by atoms with Crippen molar-refractivity contribution in [3.8, 4) is 0 Å². The lowest BCUT2D eigenvalue weighted by Gasteiger charge is -2.39. The fourth-order valence-electron chi connectivity index (χ4n) is 1.37. The van der Waals surface area contributed by atoms with E-state index in [9.17, 15) is 15.3 Å². The van der Waals surface area contributed by atoms with Gasteiger partial charge in [-0.1, -0.05) is 6.08 Å². The molecule has 1 fully saturated rings. The summed E-state index contributed by atoms with van der Waals surface area (Å²) in [5, 5.41) is 37.1. The number of hydrogen-bond donors (Lipinski definition) is 4. The van der Waals surface area contributed by atoms with Gasteiger partial charge in [0.05, 0.1) is 13.2 Å². The Morgan fingerprint density at radius 1 is 1.20 bits per heavy atom. The van der Waals surface area contributed by atoms with E-state index >= 15 is 0 Å². The molecule has 1 aliphatic heterocycles. The fraction of sp³-hybridized carbons (Fsp3) is 0.778. The predicted octanol–water partition coefficient (Wildman–Crippen LogP) is -2.01. The van der Waals surface area contributed by atoms with Gasteiger partial charge >= 0.3 is 0 Å². The average Bonchev–Trinajstić information content (AvgIpc) is 2.25. The van der Waals surface area contributed by atoms with Gasteiger partial charge in [-0.05, 0) is 0 Å². The molecule has 1 heterocycles. The standard InChI is InChI=1S/C9H16O6/c1-2-3-14-9-8(13)7(12)6(11)5(4-10)15-9/h2,5-13H,1,3-4H2/t5-,6-,7-,8-,9+/m1/s1. The lowest BCUT2D eigenvalue weighted by atomic mass is 9.99. The Kier molecular flexibility index (Phi) is 4.65. The third kappa shape index (κ3) is 2.75. The summed E-state index contributed by atoms with van der Waals surface area (Å²) in [6.07, 6.45) is -4.64. The summed E-state index contributed by atoms with van der Waals surface area (Å²) in [6.45, 7) is 3.10. The van der Waals surface area contributed by atoms with Crippen LogP contribution in [-0.4, -0.2) is 64.3 Å². The van der Waals surface area contributed by atoms with E-state index in [0.29, 0.717) is 0 Å². The van der Waals surface area contributed by atoms with Crippen molar-refractivity contribution < 1.29 is 29.9 Å². The first-order valence-corrected chi connectivity index (χ1v) is 4.64. The Morgan fingerprint density at radius 2 is 1.87 bits per heavy atom. The van der Waals surface area contributed by atoms with Gasteiger partial charge in [0.25, 0.3) is 0 Å². The number of aliphatic hydroxyl groups excluding tert-OH is 4. The molecule has 1 saturated heterocycles. The molecule has 0 aromatic heterocycles. The maximum atomic E-state index is 9.47. The van der Waals surface area contributed by atoms with Crippen molar-refractivity contribution in [1.82, 2.24) is 0 Å². The average molecular weight is 220 g/mol. The molecule has 0 aromatic rings. The van der Waals surface area contributed by atoms with E-state index < -0.39 is 37.3 Å². The molecular formula is C9H16O6. The molecule has 0 unspecified atom stereocenters. The Bertz CT molecular complexity index is 207. The fourth-order valence-corrected chi connectivity index (χ4v) is 1.37. The van der Waals surface area contributed by atoms with Crippen molar-refractivity contribution >= 4 is 0 Å². The van der Waals surface area contributed by atoms with Gasteiger partial charge in [0.15, 0.2) is 6.29 Å². The van der Waals surface area contributed by atoms with Crippen LogP contribution in [0.1, 0.15) is 0 Å². The van der Waals surface area contributed by atoms with Crippen molar-refractivity contribution in [3.05, 3.63) is 12.7 Å². The van der Waals surface area contributed by atoms with Crippen LogP contribution >= 0.6 is 0 Å². The molecule has 6 heteroatoms. The highest BCUT2D eigenvalue weighted by atomic mass is 16.7. The smallest absolute Gasteiger partial charge is 0.187 e. The molecule has 0 saturated carbocycles. The Hall–Kier alpha value is -0.500. The Morgan fingerprint density at radius 3 is 2.40 bits per heavy atom. The van der Waals surface area contributed by atoms with E-state index in [1.807, 2.05) is 0 Å². The highest BCUT2D eigenvalue weighted by Crippen LogP contribution is 2.21. The molecule has 1 aliphatic rings. The maximum absolute atomic E-state index is 9.47. The molecule has 0 bridgehead atoms. The molecule has 0 spiro atoms. The van der Waals surface area contributed by atoms with Gasteiger partial charge in [-0.3, -0.25) is 0 Å². The molecule has 15 heavy (non-hydrogen) atoms. The van der Waals surface area contributed by atoms with Crippen LogP contribution in [0.25, 0.3) is 0 Å².